The SMILES string of the molecule is COC(=O)C1CCN(c2ncnc(N3CCCCC3)c2[N+](=O)[O-])CC1. The molecule has 2 aliphatic heterocycles. The molecule has 136 valence electrons. The van der Waals surface area contributed by atoms with Crippen LogP contribution in [0.4, 0.5) is 17.3 Å². The Hall–Kier alpha value is -2.45. The minimum Gasteiger partial charge on any atom is -0.469 e. The van der Waals surface area contributed by atoms with Crippen LogP contribution in [0.5, 0.6) is 0 Å². The number of ether oxygens (including phenoxy) is 1. The predicted molar refractivity (Wildman–Crippen MR) is 91.7 cm³/mol. The molecule has 3 rings (SSSR count). The predicted octanol–water partition coefficient (Wildman–Crippen LogP) is 1.76. The lowest BCUT2D eigenvalue weighted by Crippen LogP contribution is -2.38. The Morgan fingerprint density at radius 3 is 2.20 bits per heavy atom. The van der Waals surface area contributed by atoms with E-state index in [-0.39, 0.29) is 22.5 Å². The first-order valence-electron chi connectivity index (χ1n) is 8.69. The number of methoxy groups -OCH3 is 1. The molecule has 2 saturated heterocycles. The molecule has 0 aliphatic carbocycles. The Morgan fingerprint density at radius 1 is 1.12 bits per heavy atom. The highest BCUT2D eigenvalue weighted by molar-refractivity contribution is 5.74. The standard InChI is InChI=1S/C16H23N5O4/c1-25-16(22)12-5-9-20(10-6-12)15-13(21(23)24)14(17-11-18-15)19-7-3-2-4-8-19/h11-12H,2-10H2,1H3. The van der Waals surface area contributed by atoms with Gasteiger partial charge in [-0.05, 0) is 32.1 Å². The van der Waals surface area contributed by atoms with Crippen molar-refractivity contribution in [2.24, 2.45) is 5.92 Å². The first-order valence-corrected chi connectivity index (χ1v) is 8.69. The van der Waals surface area contributed by atoms with Crippen LogP contribution in [0.25, 0.3) is 0 Å². The van der Waals surface area contributed by atoms with Crippen molar-refractivity contribution in [3.63, 3.8) is 0 Å². The van der Waals surface area contributed by atoms with E-state index in [0.717, 1.165) is 32.4 Å². The summed E-state index contributed by atoms with van der Waals surface area (Å²) in [6.07, 6.45) is 5.78. The van der Waals surface area contributed by atoms with Gasteiger partial charge in [-0.1, -0.05) is 0 Å². The number of carbonyl (C=O) groups is 1. The summed E-state index contributed by atoms with van der Waals surface area (Å²) in [4.78, 5) is 35.3. The monoisotopic (exact) mass is 349 g/mol. The van der Waals surface area contributed by atoms with Crippen LogP contribution in [0.1, 0.15) is 32.1 Å². The maximum atomic E-state index is 11.7. The molecule has 3 heterocycles. The number of anilines is 2. The fraction of sp³-hybridized carbons (Fsp3) is 0.688. The molecular formula is C16H23N5O4. The second-order valence-electron chi connectivity index (χ2n) is 6.46. The summed E-state index contributed by atoms with van der Waals surface area (Å²) in [5.74, 6) is 0.392. The largest absolute Gasteiger partial charge is 0.469 e. The van der Waals surface area contributed by atoms with Gasteiger partial charge in [0.25, 0.3) is 0 Å². The number of esters is 1. The van der Waals surface area contributed by atoms with Gasteiger partial charge in [0.05, 0.1) is 18.0 Å². The highest BCUT2D eigenvalue weighted by Gasteiger charge is 2.33. The minimum atomic E-state index is -0.383. The van der Waals surface area contributed by atoms with Crippen molar-refractivity contribution in [3.8, 4) is 0 Å². The number of hydrogen-bond donors (Lipinski definition) is 0. The number of piperidine rings is 2. The summed E-state index contributed by atoms with van der Waals surface area (Å²) in [6.45, 7) is 2.64. The lowest BCUT2D eigenvalue weighted by atomic mass is 9.97. The number of carbonyl (C=O) groups excluding carboxylic acids is 1. The average Bonchev–Trinajstić information content (AvgIpc) is 2.67. The van der Waals surface area contributed by atoms with Crippen LogP contribution in [-0.4, -0.2) is 54.1 Å². The van der Waals surface area contributed by atoms with Gasteiger partial charge in [-0.25, -0.2) is 9.97 Å². The topological polar surface area (TPSA) is 102 Å². The molecule has 0 amide bonds. The van der Waals surface area contributed by atoms with E-state index in [4.69, 9.17) is 4.74 Å². The van der Waals surface area contributed by atoms with E-state index >= 15 is 0 Å². The van der Waals surface area contributed by atoms with Crippen LogP contribution in [0.15, 0.2) is 6.33 Å². The fourth-order valence-electron chi connectivity index (χ4n) is 3.59. The Morgan fingerprint density at radius 2 is 1.68 bits per heavy atom. The summed E-state index contributed by atoms with van der Waals surface area (Å²) in [6, 6.07) is 0. The first-order chi connectivity index (χ1) is 12.1. The molecule has 0 saturated carbocycles. The Bertz CT molecular complexity index is 639. The number of rotatable bonds is 4. The van der Waals surface area contributed by atoms with Crippen molar-refractivity contribution in [1.29, 1.82) is 0 Å². The van der Waals surface area contributed by atoms with Crippen molar-refractivity contribution in [1.82, 2.24) is 9.97 Å². The molecule has 9 nitrogen and oxygen atoms in total. The van der Waals surface area contributed by atoms with Crippen LogP contribution < -0.4 is 9.80 Å². The summed E-state index contributed by atoms with van der Waals surface area (Å²) < 4.78 is 4.79. The van der Waals surface area contributed by atoms with Crippen LogP contribution in [0.3, 0.4) is 0 Å². The van der Waals surface area contributed by atoms with E-state index in [9.17, 15) is 14.9 Å². The number of nitrogens with zero attached hydrogens (tertiary/aromatic N) is 5. The summed E-state index contributed by atoms with van der Waals surface area (Å²) in [7, 11) is 1.38. The molecule has 0 bridgehead atoms. The highest BCUT2D eigenvalue weighted by Crippen LogP contribution is 2.36. The van der Waals surface area contributed by atoms with Gasteiger partial charge < -0.3 is 14.5 Å². The van der Waals surface area contributed by atoms with E-state index in [1.54, 1.807) is 0 Å². The van der Waals surface area contributed by atoms with Crippen molar-refractivity contribution in [3.05, 3.63) is 16.4 Å². The van der Waals surface area contributed by atoms with Gasteiger partial charge in [0, 0.05) is 26.2 Å². The van der Waals surface area contributed by atoms with Crippen LogP contribution >= 0.6 is 0 Å². The Balaban J connectivity index is 1.84. The molecule has 1 aromatic heterocycles. The van der Waals surface area contributed by atoms with Gasteiger partial charge in [-0.3, -0.25) is 14.9 Å². The summed E-state index contributed by atoms with van der Waals surface area (Å²) in [5.41, 5.74) is -0.0269. The molecule has 2 fully saturated rings. The second-order valence-corrected chi connectivity index (χ2v) is 6.46. The highest BCUT2D eigenvalue weighted by atomic mass is 16.6. The van der Waals surface area contributed by atoms with Crippen LogP contribution in [0, 0.1) is 16.0 Å². The molecule has 25 heavy (non-hydrogen) atoms. The van der Waals surface area contributed by atoms with Crippen molar-refractivity contribution < 1.29 is 14.5 Å². The zero-order valence-corrected chi connectivity index (χ0v) is 14.4. The number of nitro groups is 1. The van der Waals surface area contributed by atoms with Crippen molar-refractivity contribution >= 4 is 23.3 Å². The molecule has 0 atom stereocenters. The molecule has 1 aromatic rings. The summed E-state index contributed by atoms with van der Waals surface area (Å²) >= 11 is 0. The smallest absolute Gasteiger partial charge is 0.353 e. The maximum Gasteiger partial charge on any atom is 0.353 e. The second kappa shape index (κ2) is 7.62. The number of aromatic nitrogens is 2. The van der Waals surface area contributed by atoms with Crippen molar-refractivity contribution in [2.45, 2.75) is 32.1 Å². The Labute approximate surface area is 146 Å². The van der Waals surface area contributed by atoms with Gasteiger partial charge in [-0.15, -0.1) is 0 Å². The zero-order chi connectivity index (χ0) is 17.8. The van der Waals surface area contributed by atoms with Crippen LogP contribution in [-0.2, 0) is 9.53 Å². The summed E-state index contributed by atoms with van der Waals surface area (Å²) in [5, 5.41) is 11.7. The molecule has 2 aliphatic rings. The van der Waals surface area contributed by atoms with Gasteiger partial charge in [0.15, 0.2) is 0 Å². The molecule has 0 aromatic carbocycles. The van der Waals surface area contributed by atoms with E-state index in [2.05, 4.69) is 9.97 Å². The van der Waals surface area contributed by atoms with Gasteiger partial charge in [0.2, 0.25) is 11.6 Å². The molecule has 0 N–H and O–H groups in total. The van der Waals surface area contributed by atoms with E-state index in [0.29, 0.717) is 37.6 Å². The number of hydrogen-bond acceptors (Lipinski definition) is 8. The fourth-order valence-corrected chi connectivity index (χ4v) is 3.59. The lowest BCUT2D eigenvalue weighted by Gasteiger charge is -2.32. The first kappa shape index (κ1) is 17.4. The van der Waals surface area contributed by atoms with E-state index in [1.165, 1.54) is 13.4 Å². The van der Waals surface area contributed by atoms with Crippen molar-refractivity contribution in [2.75, 3.05) is 43.1 Å². The average molecular weight is 349 g/mol. The third-order valence-electron chi connectivity index (χ3n) is 4.95. The molecule has 9 heteroatoms. The van der Waals surface area contributed by atoms with Crippen LogP contribution in [0.2, 0.25) is 0 Å². The zero-order valence-electron chi connectivity index (χ0n) is 14.4. The Kier molecular flexibility index (Phi) is 5.30. The van der Waals surface area contributed by atoms with E-state index in [1.807, 2.05) is 9.80 Å². The van der Waals surface area contributed by atoms with E-state index < -0.39 is 0 Å². The third kappa shape index (κ3) is 3.64. The van der Waals surface area contributed by atoms with Gasteiger partial charge >= 0.3 is 11.7 Å². The van der Waals surface area contributed by atoms with Gasteiger partial charge in [-0.2, -0.15) is 0 Å². The third-order valence-corrected chi connectivity index (χ3v) is 4.95. The molecular weight excluding hydrogens is 326 g/mol. The molecule has 0 spiro atoms. The van der Waals surface area contributed by atoms with Gasteiger partial charge in [0.1, 0.15) is 6.33 Å². The molecule has 0 radical (unpaired) electrons. The lowest BCUT2D eigenvalue weighted by molar-refractivity contribution is -0.383. The molecule has 0 unspecified atom stereocenters. The minimum absolute atomic E-state index is 0.0269. The normalized spacial score (nSPS) is 18.9. The quantitative estimate of drug-likeness (QED) is 0.460. The maximum absolute atomic E-state index is 11.7.